The molecular formula is C27H38N2O4S. The number of hydrogen-bond donors (Lipinski definition) is 2. The van der Waals surface area contributed by atoms with E-state index in [1.165, 1.54) is 17.6 Å². The molecule has 0 radical (unpaired) electrons. The highest BCUT2D eigenvalue weighted by molar-refractivity contribution is 7.94. The van der Waals surface area contributed by atoms with Crippen molar-refractivity contribution in [3.63, 3.8) is 0 Å². The average Bonchev–Trinajstić information content (AvgIpc) is 2.82. The van der Waals surface area contributed by atoms with Gasteiger partial charge in [0.15, 0.2) is 0 Å². The van der Waals surface area contributed by atoms with E-state index in [1.54, 1.807) is 6.92 Å². The van der Waals surface area contributed by atoms with Crippen molar-refractivity contribution in [2.24, 2.45) is 5.92 Å². The highest BCUT2D eigenvalue weighted by Gasteiger charge is 2.24. The molecule has 2 aromatic rings. The molecule has 0 heterocycles. The number of aliphatic carboxylic acids is 1. The summed E-state index contributed by atoms with van der Waals surface area (Å²) in [4.78, 5) is 26.9. The molecule has 2 atom stereocenters. The van der Waals surface area contributed by atoms with Crippen LogP contribution in [0.5, 0.6) is 5.75 Å². The Labute approximate surface area is 208 Å². The minimum Gasteiger partial charge on any atom is -0.480 e. The van der Waals surface area contributed by atoms with Crippen molar-refractivity contribution in [3.8, 4) is 5.75 Å². The molecule has 2 rings (SSSR count). The number of carbonyl (C=O) groups is 2. The Morgan fingerprint density at radius 1 is 0.941 bits per heavy atom. The van der Waals surface area contributed by atoms with E-state index in [0.717, 1.165) is 36.5 Å². The van der Waals surface area contributed by atoms with Crippen LogP contribution in [0.3, 0.4) is 0 Å². The maximum Gasteiger partial charge on any atom is 0.326 e. The number of benzene rings is 2. The van der Waals surface area contributed by atoms with E-state index in [1.807, 2.05) is 48.5 Å². The normalized spacial score (nSPS) is 13.0. The molecule has 0 saturated carbocycles. The summed E-state index contributed by atoms with van der Waals surface area (Å²) >= 11 is 1.38. The van der Waals surface area contributed by atoms with Crippen LogP contribution in [0.15, 0.2) is 48.5 Å². The van der Waals surface area contributed by atoms with Crippen LogP contribution >= 0.6 is 12.0 Å². The Kier molecular flexibility index (Phi) is 11.4. The van der Waals surface area contributed by atoms with Crippen molar-refractivity contribution < 1.29 is 18.9 Å². The number of carbonyl (C=O) groups excluding carboxylic acids is 1. The van der Waals surface area contributed by atoms with E-state index in [9.17, 15) is 14.7 Å². The Hall–Kier alpha value is -2.51. The van der Waals surface area contributed by atoms with Gasteiger partial charge >= 0.3 is 5.97 Å². The molecule has 0 aromatic heterocycles. The fourth-order valence-electron chi connectivity index (χ4n) is 3.55. The van der Waals surface area contributed by atoms with Crippen LogP contribution in [-0.2, 0) is 22.4 Å². The Morgan fingerprint density at radius 3 is 2.03 bits per heavy atom. The second-order valence-electron chi connectivity index (χ2n) is 8.94. The standard InChI is InChI=1S/C27H38N2O4S/c1-6-29(7-2)18-34-33-24-14-10-22(11-15-24)17-25(27(31)32)28-26(30)20(5)23-12-8-21(9-13-23)16-19(3)4/h8-15,19-20,25H,6-7,16-18H2,1-5H3,(H,28,30)(H,31,32). The molecule has 2 unspecified atom stereocenters. The Morgan fingerprint density at radius 2 is 1.50 bits per heavy atom. The van der Waals surface area contributed by atoms with Gasteiger partial charge < -0.3 is 14.6 Å². The van der Waals surface area contributed by atoms with Crippen LogP contribution in [0.25, 0.3) is 0 Å². The number of nitrogens with zero attached hydrogens (tertiary/aromatic N) is 1. The van der Waals surface area contributed by atoms with Crippen LogP contribution in [0, 0.1) is 5.92 Å². The van der Waals surface area contributed by atoms with E-state index in [0.29, 0.717) is 11.7 Å². The van der Waals surface area contributed by atoms with Crippen molar-refractivity contribution >= 4 is 23.9 Å². The minimum absolute atomic E-state index is 0.202. The summed E-state index contributed by atoms with van der Waals surface area (Å²) in [5, 5.41) is 12.4. The topological polar surface area (TPSA) is 78.9 Å². The van der Waals surface area contributed by atoms with Gasteiger partial charge in [-0.2, -0.15) is 0 Å². The van der Waals surface area contributed by atoms with E-state index in [-0.39, 0.29) is 12.3 Å². The third kappa shape index (κ3) is 9.03. The van der Waals surface area contributed by atoms with Gasteiger partial charge in [-0.1, -0.05) is 64.1 Å². The van der Waals surface area contributed by atoms with Crippen LogP contribution < -0.4 is 9.50 Å². The molecule has 2 aromatic carbocycles. The molecular weight excluding hydrogens is 448 g/mol. The second-order valence-corrected chi connectivity index (χ2v) is 9.60. The summed E-state index contributed by atoms with van der Waals surface area (Å²) in [5.41, 5.74) is 2.92. The van der Waals surface area contributed by atoms with E-state index >= 15 is 0 Å². The lowest BCUT2D eigenvalue weighted by Crippen LogP contribution is -2.44. The van der Waals surface area contributed by atoms with Crippen molar-refractivity contribution in [2.45, 2.75) is 59.4 Å². The molecule has 2 N–H and O–H groups in total. The predicted octanol–water partition coefficient (Wildman–Crippen LogP) is 5.13. The number of hydrogen-bond acceptors (Lipinski definition) is 5. The zero-order valence-electron chi connectivity index (χ0n) is 20.9. The molecule has 186 valence electrons. The summed E-state index contributed by atoms with van der Waals surface area (Å²) < 4.78 is 5.71. The van der Waals surface area contributed by atoms with E-state index in [2.05, 4.69) is 37.9 Å². The summed E-state index contributed by atoms with van der Waals surface area (Å²) in [6.07, 6.45) is 1.19. The first-order valence-electron chi connectivity index (χ1n) is 12.0. The smallest absolute Gasteiger partial charge is 0.326 e. The molecule has 6 nitrogen and oxygen atoms in total. The quantitative estimate of drug-likeness (QED) is 0.285. The van der Waals surface area contributed by atoms with Crippen LogP contribution in [-0.4, -0.2) is 46.9 Å². The Bertz CT molecular complexity index is 896. The van der Waals surface area contributed by atoms with Gasteiger partial charge in [0, 0.05) is 6.42 Å². The highest BCUT2D eigenvalue weighted by atomic mass is 32.2. The highest BCUT2D eigenvalue weighted by Crippen LogP contribution is 2.20. The SMILES string of the molecule is CCN(CC)CSOc1ccc(CC(NC(=O)C(C)c2ccc(CC(C)C)cc2)C(=O)O)cc1. The van der Waals surface area contributed by atoms with Crippen molar-refractivity contribution in [1.82, 2.24) is 10.2 Å². The number of rotatable bonds is 14. The average molecular weight is 487 g/mol. The first-order chi connectivity index (χ1) is 16.2. The van der Waals surface area contributed by atoms with Gasteiger partial charge in [-0.3, -0.25) is 9.69 Å². The lowest BCUT2D eigenvalue weighted by Gasteiger charge is -2.19. The first kappa shape index (κ1) is 27.7. The predicted molar refractivity (Wildman–Crippen MR) is 139 cm³/mol. The Balaban J connectivity index is 1.93. The maximum absolute atomic E-state index is 12.8. The fraction of sp³-hybridized carbons (Fsp3) is 0.481. The van der Waals surface area contributed by atoms with Crippen molar-refractivity contribution in [3.05, 3.63) is 65.2 Å². The third-order valence-corrected chi connectivity index (χ3v) is 6.56. The molecule has 0 fully saturated rings. The molecule has 1 amide bonds. The molecule has 0 aliphatic heterocycles. The number of carboxylic acids is 1. The molecule has 0 spiro atoms. The maximum atomic E-state index is 12.8. The lowest BCUT2D eigenvalue weighted by atomic mass is 9.95. The van der Waals surface area contributed by atoms with Gasteiger partial charge in [-0.25, -0.2) is 4.79 Å². The summed E-state index contributed by atoms with van der Waals surface area (Å²) in [5.74, 6) is 0.273. The van der Waals surface area contributed by atoms with Crippen LogP contribution in [0.1, 0.15) is 57.2 Å². The molecule has 0 saturated heterocycles. The fourth-order valence-corrected chi connectivity index (χ4v) is 4.37. The van der Waals surface area contributed by atoms with Crippen LogP contribution in [0.2, 0.25) is 0 Å². The van der Waals surface area contributed by atoms with E-state index in [4.69, 9.17) is 4.18 Å². The minimum atomic E-state index is -1.05. The monoisotopic (exact) mass is 486 g/mol. The number of nitrogens with one attached hydrogen (secondary N) is 1. The molecule has 7 heteroatoms. The largest absolute Gasteiger partial charge is 0.480 e. The zero-order valence-corrected chi connectivity index (χ0v) is 21.7. The van der Waals surface area contributed by atoms with Gasteiger partial charge in [0.05, 0.1) is 23.8 Å². The van der Waals surface area contributed by atoms with Gasteiger partial charge in [-0.15, -0.1) is 0 Å². The summed E-state index contributed by atoms with van der Waals surface area (Å²) in [6.45, 7) is 12.3. The first-order valence-corrected chi connectivity index (χ1v) is 12.9. The van der Waals surface area contributed by atoms with Gasteiger partial charge in [0.2, 0.25) is 5.91 Å². The van der Waals surface area contributed by atoms with Gasteiger partial charge in [0.1, 0.15) is 11.8 Å². The van der Waals surface area contributed by atoms with Gasteiger partial charge in [-0.05, 0) is 61.2 Å². The zero-order chi connectivity index (χ0) is 25.1. The molecule has 0 aliphatic carbocycles. The molecule has 0 bridgehead atoms. The third-order valence-electron chi connectivity index (χ3n) is 5.78. The summed E-state index contributed by atoms with van der Waals surface area (Å²) in [6, 6.07) is 14.3. The lowest BCUT2D eigenvalue weighted by molar-refractivity contribution is -0.141. The van der Waals surface area contributed by atoms with Crippen molar-refractivity contribution in [1.29, 1.82) is 0 Å². The van der Waals surface area contributed by atoms with Gasteiger partial charge in [0.25, 0.3) is 0 Å². The van der Waals surface area contributed by atoms with Crippen molar-refractivity contribution in [2.75, 3.05) is 19.0 Å². The second kappa shape index (κ2) is 14.0. The summed E-state index contributed by atoms with van der Waals surface area (Å²) in [7, 11) is 0. The molecule has 34 heavy (non-hydrogen) atoms. The van der Waals surface area contributed by atoms with Crippen LogP contribution in [0.4, 0.5) is 0 Å². The molecule has 0 aliphatic rings. The number of carboxylic acid groups (broad SMARTS) is 1. The van der Waals surface area contributed by atoms with E-state index < -0.39 is 17.9 Å². The number of amides is 1.